The number of rotatable bonds is 0. The van der Waals surface area contributed by atoms with Crippen molar-refractivity contribution in [3.8, 4) is 0 Å². The third-order valence-electron chi connectivity index (χ3n) is 2.42. The van der Waals surface area contributed by atoms with Crippen molar-refractivity contribution in [1.29, 1.82) is 0 Å². The van der Waals surface area contributed by atoms with E-state index in [-0.39, 0.29) is 0 Å². The first-order valence-electron chi connectivity index (χ1n) is 3.96. The Hall–Kier alpha value is -0.655. The largest absolute Gasteiger partial charge is 0.387 e. The highest BCUT2D eigenvalue weighted by Gasteiger charge is 2.23. The van der Waals surface area contributed by atoms with Crippen molar-refractivity contribution in [2.45, 2.75) is 18.9 Å². The van der Waals surface area contributed by atoms with Gasteiger partial charge >= 0.3 is 0 Å². The maximum absolute atomic E-state index is 3.35. The van der Waals surface area contributed by atoms with Crippen LogP contribution in [-0.2, 0) is 0 Å². The normalized spacial score (nSPS) is 36.6. The molecule has 0 aromatic carbocycles. The lowest BCUT2D eigenvalue weighted by Gasteiger charge is -2.22. The average Bonchev–Trinajstić information content (AvgIpc) is 2.33. The number of nitrogens with one attached hydrogen (secondary N) is 1. The number of fused-ring (bicyclic) bond motifs is 1. The van der Waals surface area contributed by atoms with Crippen LogP contribution in [0.4, 0.5) is 0 Å². The Labute approximate surface area is 62.6 Å². The molecule has 1 N–H and O–H groups in total. The van der Waals surface area contributed by atoms with Crippen LogP contribution in [0.25, 0.3) is 0 Å². The standard InChI is InChI=1S/C8H12BN/c9-7-1-2-8-6(5-7)3-4-10-8/h3-6,8,10H,1-2,9H2. The molecule has 2 rings (SSSR count). The Bertz CT molecular complexity index is 195. The van der Waals surface area contributed by atoms with Crippen LogP contribution in [0.2, 0.25) is 0 Å². The van der Waals surface area contributed by atoms with Crippen molar-refractivity contribution in [2.24, 2.45) is 5.92 Å². The molecule has 0 fully saturated rings. The van der Waals surface area contributed by atoms with Gasteiger partial charge in [0.1, 0.15) is 7.85 Å². The third kappa shape index (κ3) is 0.879. The lowest BCUT2D eigenvalue weighted by atomic mass is 9.79. The minimum absolute atomic E-state index is 0.689. The van der Waals surface area contributed by atoms with Crippen molar-refractivity contribution in [2.75, 3.05) is 0 Å². The number of allylic oxidation sites excluding steroid dienone is 1. The molecule has 0 saturated carbocycles. The molecule has 1 aliphatic carbocycles. The van der Waals surface area contributed by atoms with Gasteiger partial charge in [-0.1, -0.05) is 12.2 Å². The van der Waals surface area contributed by atoms with Gasteiger partial charge in [0, 0.05) is 12.0 Å². The van der Waals surface area contributed by atoms with Gasteiger partial charge in [-0.15, -0.1) is 5.47 Å². The van der Waals surface area contributed by atoms with E-state index in [0.29, 0.717) is 12.0 Å². The van der Waals surface area contributed by atoms with Crippen LogP contribution in [-0.4, -0.2) is 13.9 Å². The fourth-order valence-electron chi connectivity index (χ4n) is 1.78. The van der Waals surface area contributed by atoms with Gasteiger partial charge in [-0.3, -0.25) is 0 Å². The first-order valence-corrected chi connectivity index (χ1v) is 3.96. The SMILES string of the molecule is BC1=CC2C=CNC2CC1. The van der Waals surface area contributed by atoms with E-state index < -0.39 is 0 Å². The summed E-state index contributed by atoms with van der Waals surface area (Å²) in [6.45, 7) is 0. The second-order valence-corrected chi connectivity index (χ2v) is 3.26. The van der Waals surface area contributed by atoms with Crippen molar-refractivity contribution >= 4 is 7.85 Å². The first kappa shape index (κ1) is 6.08. The molecule has 0 saturated heterocycles. The van der Waals surface area contributed by atoms with E-state index in [2.05, 4.69) is 31.5 Å². The minimum atomic E-state index is 0.689. The highest BCUT2D eigenvalue weighted by molar-refractivity contribution is 6.21. The first-order chi connectivity index (χ1) is 4.86. The van der Waals surface area contributed by atoms with E-state index in [0.717, 1.165) is 0 Å². The van der Waals surface area contributed by atoms with E-state index in [1.54, 1.807) is 5.47 Å². The van der Waals surface area contributed by atoms with Crippen LogP contribution in [0.1, 0.15) is 12.8 Å². The molecule has 0 aromatic heterocycles. The Morgan fingerprint density at radius 1 is 1.60 bits per heavy atom. The van der Waals surface area contributed by atoms with Crippen LogP contribution >= 0.6 is 0 Å². The van der Waals surface area contributed by atoms with Crippen LogP contribution < -0.4 is 5.32 Å². The molecule has 0 aromatic rings. The predicted octanol–water partition coefficient (Wildman–Crippen LogP) is 0.399. The van der Waals surface area contributed by atoms with Gasteiger partial charge in [-0.05, 0) is 19.0 Å². The molecule has 0 radical (unpaired) electrons. The third-order valence-corrected chi connectivity index (χ3v) is 2.42. The maximum Gasteiger partial charge on any atom is 0.133 e. The fourth-order valence-corrected chi connectivity index (χ4v) is 1.78. The summed E-state index contributed by atoms with van der Waals surface area (Å²) in [5.41, 5.74) is 1.55. The molecule has 2 unspecified atom stereocenters. The molecule has 10 heavy (non-hydrogen) atoms. The monoisotopic (exact) mass is 133 g/mol. The van der Waals surface area contributed by atoms with Crippen LogP contribution in [0.5, 0.6) is 0 Å². The fraction of sp³-hybridized carbons (Fsp3) is 0.500. The second kappa shape index (κ2) is 2.19. The van der Waals surface area contributed by atoms with Crippen molar-refractivity contribution in [3.63, 3.8) is 0 Å². The second-order valence-electron chi connectivity index (χ2n) is 3.26. The molecular weight excluding hydrogens is 121 g/mol. The van der Waals surface area contributed by atoms with E-state index in [1.807, 2.05) is 0 Å². The molecule has 1 aliphatic heterocycles. The topological polar surface area (TPSA) is 12.0 Å². The maximum atomic E-state index is 3.35. The Balaban J connectivity index is 2.19. The zero-order valence-corrected chi connectivity index (χ0v) is 6.30. The molecule has 2 aliphatic rings. The molecule has 1 heterocycles. The van der Waals surface area contributed by atoms with Crippen molar-refractivity contribution < 1.29 is 0 Å². The van der Waals surface area contributed by atoms with E-state index in [4.69, 9.17) is 0 Å². The summed E-state index contributed by atoms with van der Waals surface area (Å²) in [7, 11) is 2.22. The molecule has 1 nitrogen and oxygen atoms in total. The summed E-state index contributed by atoms with van der Waals surface area (Å²) in [5, 5.41) is 3.35. The molecule has 0 amide bonds. The predicted molar refractivity (Wildman–Crippen MR) is 45.4 cm³/mol. The Kier molecular flexibility index (Phi) is 1.33. The van der Waals surface area contributed by atoms with Gasteiger partial charge in [-0.2, -0.15) is 0 Å². The highest BCUT2D eigenvalue weighted by Crippen LogP contribution is 2.25. The Morgan fingerprint density at radius 3 is 3.40 bits per heavy atom. The summed E-state index contributed by atoms with van der Waals surface area (Å²) in [6.07, 6.45) is 9.30. The number of hydrogen-bond donors (Lipinski definition) is 1. The van der Waals surface area contributed by atoms with Gasteiger partial charge in [0.2, 0.25) is 0 Å². The quantitative estimate of drug-likeness (QED) is 0.471. The van der Waals surface area contributed by atoms with E-state index >= 15 is 0 Å². The molecule has 0 spiro atoms. The van der Waals surface area contributed by atoms with Gasteiger partial charge < -0.3 is 5.32 Å². The lowest BCUT2D eigenvalue weighted by Crippen LogP contribution is -2.28. The summed E-state index contributed by atoms with van der Waals surface area (Å²) in [5.74, 6) is 0.689. The molecule has 0 bridgehead atoms. The molecular formula is C8H12BN. The highest BCUT2D eigenvalue weighted by atomic mass is 14.9. The molecule has 2 atom stereocenters. The van der Waals surface area contributed by atoms with Gasteiger partial charge in [-0.25, -0.2) is 0 Å². The molecule has 2 heteroatoms. The average molecular weight is 133 g/mol. The van der Waals surface area contributed by atoms with Crippen molar-refractivity contribution in [1.82, 2.24) is 5.32 Å². The summed E-state index contributed by atoms with van der Waals surface area (Å²) >= 11 is 0. The van der Waals surface area contributed by atoms with Gasteiger partial charge in [0.15, 0.2) is 0 Å². The van der Waals surface area contributed by atoms with Crippen LogP contribution in [0.15, 0.2) is 23.8 Å². The van der Waals surface area contributed by atoms with Crippen LogP contribution in [0, 0.1) is 5.92 Å². The van der Waals surface area contributed by atoms with E-state index in [1.165, 1.54) is 12.8 Å². The number of hydrogen-bond acceptors (Lipinski definition) is 1. The minimum Gasteiger partial charge on any atom is -0.387 e. The lowest BCUT2D eigenvalue weighted by molar-refractivity contribution is 0.492. The van der Waals surface area contributed by atoms with Crippen molar-refractivity contribution in [3.05, 3.63) is 23.8 Å². The summed E-state index contributed by atoms with van der Waals surface area (Å²) < 4.78 is 0. The van der Waals surface area contributed by atoms with Gasteiger partial charge in [0.25, 0.3) is 0 Å². The molecule has 52 valence electrons. The summed E-state index contributed by atoms with van der Waals surface area (Å²) in [6, 6.07) is 0.712. The Morgan fingerprint density at radius 2 is 2.50 bits per heavy atom. The summed E-state index contributed by atoms with van der Waals surface area (Å²) in [4.78, 5) is 0. The zero-order chi connectivity index (χ0) is 6.97. The van der Waals surface area contributed by atoms with Gasteiger partial charge in [0.05, 0.1) is 0 Å². The smallest absolute Gasteiger partial charge is 0.133 e. The van der Waals surface area contributed by atoms with Crippen LogP contribution in [0.3, 0.4) is 0 Å². The zero-order valence-electron chi connectivity index (χ0n) is 6.30. The van der Waals surface area contributed by atoms with E-state index in [9.17, 15) is 0 Å².